The number of rotatable bonds is 6. The molecule has 0 aliphatic heterocycles. The molecule has 5 heteroatoms. The van der Waals surface area contributed by atoms with Crippen LogP contribution in [0.15, 0.2) is 48.5 Å². The Morgan fingerprint density at radius 3 is 2.36 bits per heavy atom. The van der Waals surface area contributed by atoms with Gasteiger partial charge in [0, 0.05) is 6.54 Å². The Morgan fingerprint density at radius 2 is 1.76 bits per heavy atom. The Hall–Kier alpha value is -3.08. The molecule has 0 atom stereocenters. The van der Waals surface area contributed by atoms with Crippen LogP contribution >= 0.6 is 0 Å². The first kappa shape index (κ1) is 18.3. The van der Waals surface area contributed by atoms with Crippen LogP contribution in [0.3, 0.4) is 0 Å². The van der Waals surface area contributed by atoms with Gasteiger partial charge >= 0.3 is 12.1 Å². The zero-order chi connectivity index (χ0) is 18.2. The maximum atomic E-state index is 11.6. The van der Waals surface area contributed by atoms with Gasteiger partial charge in [0.05, 0.1) is 5.56 Å². The largest absolute Gasteiger partial charge is 0.478 e. The van der Waals surface area contributed by atoms with Crippen molar-refractivity contribution in [3.8, 4) is 0 Å². The molecule has 0 aliphatic carbocycles. The van der Waals surface area contributed by atoms with Crippen LogP contribution in [-0.4, -0.2) is 23.7 Å². The van der Waals surface area contributed by atoms with Crippen LogP contribution < -0.4 is 5.32 Å². The molecule has 0 fully saturated rings. The first-order valence-corrected chi connectivity index (χ1v) is 7.93. The number of carbonyl (C=O) groups excluding carboxylic acids is 1. The number of hydrogen-bond acceptors (Lipinski definition) is 3. The van der Waals surface area contributed by atoms with Crippen molar-refractivity contribution in [3.63, 3.8) is 0 Å². The quantitative estimate of drug-likeness (QED) is 0.836. The lowest BCUT2D eigenvalue weighted by atomic mass is 9.99. The van der Waals surface area contributed by atoms with E-state index in [-0.39, 0.29) is 6.61 Å². The highest BCUT2D eigenvalue weighted by atomic mass is 16.5. The van der Waals surface area contributed by atoms with Gasteiger partial charge in [0.25, 0.3) is 0 Å². The van der Waals surface area contributed by atoms with E-state index in [0.29, 0.717) is 23.2 Å². The minimum Gasteiger partial charge on any atom is -0.478 e. The molecule has 0 saturated carbocycles. The molecule has 2 N–H and O–H groups in total. The molecule has 0 heterocycles. The van der Waals surface area contributed by atoms with Crippen molar-refractivity contribution in [2.45, 2.75) is 20.5 Å². The van der Waals surface area contributed by atoms with Gasteiger partial charge in [0.2, 0.25) is 0 Å². The summed E-state index contributed by atoms with van der Waals surface area (Å²) in [6, 6.07) is 13.1. The lowest BCUT2D eigenvalue weighted by Crippen LogP contribution is -2.24. The van der Waals surface area contributed by atoms with Crippen LogP contribution in [0.2, 0.25) is 0 Å². The third-order valence-corrected chi connectivity index (χ3v) is 3.66. The second-order valence-electron chi connectivity index (χ2n) is 5.68. The Balaban J connectivity index is 1.83. The van der Waals surface area contributed by atoms with E-state index < -0.39 is 12.1 Å². The SMILES string of the molecule is Cc1cc(C=CCNC(=O)OCc2ccccc2)cc(C)c1C(=O)O. The van der Waals surface area contributed by atoms with E-state index in [1.165, 1.54) is 0 Å². The number of benzene rings is 2. The van der Waals surface area contributed by atoms with E-state index in [1.54, 1.807) is 32.1 Å². The second-order valence-corrected chi connectivity index (χ2v) is 5.68. The van der Waals surface area contributed by atoms with E-state index in [2.05, 4.69) is 5.32 Å². The standard InChI is InChI=1S/C20H21NO4/c1-14-11-17(12-15(2)18(14)19(22)23)9-6-10-21-20(24)25-13-16-7-4-3-5-8-16/h3-9,11-12H,10,13H2,1-2H3,(H,21,24)(H,22,23). The van der Waals surface area contributed by atoms with Crippen LogP contribution in [0.4, 0.5) is 4.79 Å². The molecular weight excluding hydrogens is 318 g/mol. The monoisotopic (exact) mass is 339 g/mol. The molecule has 2 rings (SSSR count). The fourth-order valence-electron chi connectivity index (χ4n) is 2.54. The Morgan fingerprint density at radius 1 is 1.12 bits per heavy atom. The van der Waals surface area contributed by atoms with Crippen molar-refractivity contribution < 1.29 is 19.4 Å². The van der Waals surface area contributed by atoms with E-state index >= 15 is 0 Å². The van der Waals surface area contributed by atoms with Gasteiger partial charge in [0.1, 0.15) is 6.61 Å². The van der Waals surface area contributed by atoms with E-state index in [1.807, 2.05) is 36.4 Å². The van der Waals surface area contributed by atoms with Gasteiger partial charge in [0.15, 0.2) is 0 Å². The number of amides is 1. The van der Waals surface area contributed by atoms with E-state index in [0.717, 1.165) is 11.1 Å². The molecule has 0 aliphatic rings. The fourth-order valence-corrected chi connectivity index (χ4v) is 2.54. The first-order valence-electron chi connectivity index (χ1n) is 7.93. The van der Waals surface area contributed by atoms with Crippen LogP contribution in [0, 0.1) is 13.8 Å². The third kappa shape index (κ3) is 5.49. The van der Waals surface area contributed by atoms with Crippen molar-refractivity contribution in [3.05, 3.63) is 76.4 Å². The predicted octanol–water partition coefficient (Wildman–Crippen LogP) is 3.94. The summed E-state index contributed by atoms with van der Waals surface area (Å²) in [5.41, 5.74) is 3.57. The first-order chi connectivity index (χ1) is 12.0. The molecule has 0 saturated heterocycles. The number of ether oxygens (including phenoxy) is 1. The molecular formula is C20H21NO4. The zero-order valence-electron chi connectivity index (χ0n) is 14.3. The van der Waals surface area contributed by atoms with Crippen LogP contribution in [0.25, 0.3) is 6.08 Å². The molecule has 25 heavy (non-hydrogen) atoms. The maximum absolute atomic E-state index is 11.6. The number of nitrogens with one attached hydrogen (secondary N) is 1. The van der Waals surface area contributed by atoms with Crippen molar-refractivity contribution in [2.75, 3.05) is 6.54 Å². The van der Waals surface area contributed by atoms with Gasteiger partial charge in [-0.1, -0.05) is 54.6 Å². The molecule has 0 spiro atoms. The van der Waals surface area contributed by atoms with E-state index in [4.69, 9.17) is 9.84 Å². The second kappa shape index (κ2) is 8.68. The van der Waals surface area contributed by atoms with Crippen LogP contribution in [0.1, 0.15) is 32.6 Å². The average Bonchev–Trinajstić information content (AvgIpc) is 2.57. The van der Waals surface area contributed by atoms with Gasteiger partial charge in [-0.2, -0.15) is 0 Å². The highest BCUT2D eigenvalue weighted by Gasteiger charge is 2.10. The lowest BCUT2D eigenvalue weighted by Gasteiger charge is -2.07. The summed E-state index contributed by atoms with van der Waals surface area (Å²) < 4.78 is 5.11. The van der Waals surface area contributed by atoms with Crippen molar-refractivity contribution in [1.29, 1.82) is 0 Å². The molecule has 1 amide bonds. The van der Waals surface area contributed by atoms with Crippen LogP contribution in [-0.2, 0) is 11.3 Å². The highest BCUT2D eigenvalue weighted by molar-refractivity contribution is 5.91. The molecule has 5 nitrogen and oxygen atoms in total. The topological polar surface area (TPSA) is 75.6 Å². The number of aryl methyl sites for hydroxylation is 2. The van der Waals surface area contributed by atoms with E-state index in [9.17, 15) is 9.59 Å². The number of aromatic carboxylic acids is 1. The van der Waals surface area contributed by atoms with Gasteiger partial charge in [-0.15, -0.1) is 0 Å². The number of alkyl carbamates (subject to hydrolysis) is 1. The molecule has 0 radical (unpaired) electrons. The van der Waals surface area contributed by atoms with Crippen LogP contribution in [0.5, 0.6) is 0 Å². The predicted molar refractivity (Wildman–Crippen MR) is 96.5 cm³/mol. The highest BCUT2D eigenvalue weighted by Crippen LogP contribution is 2.17. The average molecular weight is 339 g/mol. The normalized spacial score (nSPS) is 10.6. The van der Waals surface area contributed by atoms with Crippen molar-refractivity contribution in [2.24, 2.45) is 0 Å². The zero-order valence-corrected chi connectivity index (χ0v) is 14.3. The molecule has 2 aromatic carbocycles. The summed E-state index contributed by atoms with van der Waals surface area (Å²) in [4.78, 5) is 22.8. The van der Waals surface area contributed by atoms with Gasteiger partial charge in [-0.25, -0.2) is 9.59 Å². The maximum Gasteiger partial charge on any atom is 0.407 e. The summed E-state index contributed by atoms with van der Waals surface area (Å²) in [7, 11) is 0. The van der Waals surface area contributed by atoms with Gasteiger partial charge < -0.3 is 15.2 Å². The number of carboxylic acid groups (broad SMARTS) is 1. The molecule has 0 bridgehead atoms. The Kier molecular flexibility index (Phi) is 6.34. The fraction of sp³-hybridized carbons (Fsp3) is 0.200. The number of carboxylic acids is 1. The number of carbonyl (C=O) groups is 2. The summed E-state index contributed by atoms with van der Waals surface area (Å²) in [6.45, 7) is 4.10. The van der Waals surface area contributed by atoms with Gasteiger partial charge in [-0.05, 0) is 36.1 Å². The summed E-state index contributed by atoms with van der Waals surface area (Å²) in [5, 5.41) is 11.8. The third-order valence-electron chi connectivity index (χ3n) is 3.66. The summed E-state index contributed by atoms with van der Waals surface area (Å²) in [5.74, 6) is -0.923. The smallest absolute Gasteiger partial charge is 0.407 e. The molecule has 2 aromatic rings. The minimum atomic E-state index is -0.923. The Labute approximate surface area is 146 Å². The van der Waals surface area contributed by atoms with Crippen molar-refractivity contribution >= 4 is 18.1 Å². The lowest BCUT2D eigenvalue weighted by molar-refractivity contribution is 0.0695. The summed E-state index contributed by atoms with van der Waals surface area (Å²) in [6.07, 6.45) is 3.14. The molecule has 130 valence electrons. The Bertz CT molecular complexity index is 759. The van der Waals surface area contributed by atoms with Gasteiger partial charge in [-0.3, -0.25) is 0 Å². The van der Waals surface area contributed by atoms with Crippen molar-refractivity contribution in [1.82, 2.24) is 5.32 Å². The number of hydrogen-bond donors (Lipinski definition) is 2. The summed E-state index contributed by atoms with van der Waals surface area (Å²) >= 11 is 0. The minimum absolute atomic E-state index is 0.228. The molecule has 0 unspecified atom stereocenters. The molecule has 0 aromatic heterocycles.